The van der Waals surface area contributed by atoms with Gasteiger partial charge in [-0.1, -0.05) is 30.7 Å². The van der Waals surface area contributed by atoms with Gasteiger partial charge >= 0.3 is 0 Å². The molecule has 18 heavy (non-hydrogen) atoms. The molecule has 1 unspecified atom stereocenters. The number of hydrogen-bond donors (Lipinski definition) is 1. The van der Waals surface area contributed by atoms with E-state index in [1.165, 1.54) is 30.4 Å². The zero-order chi connectivity index (χ0) is 12.4. The van der Waals surface area contributed by atoms with E-state index in [9.17, 15) is 0 Å². The predicted octanol–water partition coefficient (Wildman–Crippen LogP) is 2.99. The van der Waals surface area contributed by atoms with Gasteiger partial charge in [-0.25, -0.2) is 0 Å². The van der Waals surface area contributed by atoms with E-state index in [-0.39, 0.29) is 5.54 Å². The van der Waals surface area contributed by atoms with Crippen molar-refractivity contribution in [3.63, 3.8) is 0 Å². The molecule has 2 aliphatic rings. The summed E-state index contributed by atoms with van der Waals surface area (Å²) in [5.74, 6) is 0.588. The van der Waals surface area contributed by atoms with Crippen molar-refractivity contribution >= 4 is 0 Å². The Kier molecular flexibility index (Phi) is 3.40. The highest BCUT2D eigenvalue weighted by atomic mass is 16.5. The van der Waals surface area contributed by atoms with Crippen LogP contribution in [0.5, 0.6) is 0 Å². The van der Waals surface area contributed by atoms with Crippen LogP contribution in [-0.4, -0.2) is 13.2 Å². The molecule has 1 aliphatic heterocycles. The SMILES string of the molecule is NC1(C2CCOCC2)CCCCc2ccccc21. The van der Waals surface area contributed by atoms with E-state index in [4.69, 9.17) is 10.5 Å². The van der Waals surface area contributed by atoms with Crippen LogP contribution < -0.4 is 5.73 Å². The van der Waals surface area contributed by atoms with Crippen molar-refractivity contribution in [3.8, 4) is 0 Å². The van der Waals surface area contributed by atoms with Gasteiger partial charge < -0.3 is 10.5 Å². The minimum Gasteiger partial charge on any atom is -0.381 e. The maximum atomic E-state index is 6.89. The minimum atomic E-state index is -0.114. The number of ether oxygens (including phenoxy) is 1. The molecule has 1 saturated heterocycles. The van der Waals surface area contributed by atoms with Gasteiger partial charge in [0.1, 0.15) is 0 Å². The lowest BCUT2D eigenvalue weighted by Crippen LogP contribution is -2.46. The first kappa shape index (κ1) is 12.2. The van der Waals surface area contributed by atoms with Gasteiger partial charge in [0.05, 0.1) is 0 Å². The largest absolute Gasteiger partial charge is 0.381 e. The Labute approximate surface area is 110 Å². The maximum absolute atomic E-state index is 6.89. The normalized spacial score (nSPS) is 29.6. The van der Waals surface area contributed by atoms with Gasteiger partial charge in [-0.2, -0.15) is 0 Å². The van der Waals surface area contributed by atoms with E-state index in [1.807, 2.05) is 0 Å². The molecule has 3 rings (SSSR count). The summed E-state index contributed by atoms with van der Waals surface area (Å²) in [5.41, 5.74) is 9.66. The van der Waals surface area contributed by atoms with Crippen LogP contribution in [-0.2, 0) is 16.7 Å². The van der Waals surface area contributed by atoms with Gasteiger partial charge in [0, 0.05) is 18.8 Å². The van der Waals surface area contributed by atoms with Gasteiger partial charge in [0.25, 0.3) is 0 Å². The summed E-state index contributed by atoms with van der Waals surface area (Å²) < 4.78 is 5.50. The van der Waals surface area contributed by atoms with Gasteiger partial charge in [-0.15, -0.1) is 0 Å². The second kappa shape index (κ2) is 5.02. The van der Waals surface area contributed by atoms with Crippen LogP contribution >= 0.6 is 0 Å². The summed E-state index contributed by atoms with van der Waals surface area (Å²) in [6.07, 6.45) is 7.09. The van der Waals surface area contributed by atoms with E-state index in [0.717, 1.165) is 32.5 Å². The molecule has 98 valence electrons. The smallest absolute Gasteiger partial charge is 0.0469 e. The zero-order valence-corrected chi connectivity index (χ0v) is 11.0. The van der Waals surface area contributed by atoms with Crippen LogP contribution in [0.1, 0.15) is 43.2 Å². The van der Waals surface area contributed by atoms with Crippen LogP contribution in [0.3, 0.4) is 0 Å². The zero-order valence-electron chi connectivity index (χ0n) is 11.0. The van der Waals surface area contributed by atoms with Gasteiger partial charge in [0.15, 0.2) is 0 Å². The summed E-state index contributed by atoms with van der Waals surface area (Å²) in [6.45, 7) is 1.76. The lowest BCUT2D eigenvalue weighted by Gasteiger charge is -2.40. The minimum absolute atomic E-state index is 0.114. The lowest BCUT2D eigenvalue weighted by molar-refractivity contribution is 0.0348. The third-order valence-electron chi connectivity index (χ3n) is 4.76. The van der Waals surface area contributed by atoms with E-state index in [0.29, 0.717) is 5.92 Å². The molecule has 0 saturated carbocycles. The molecule has 1 aromatic carbocycles. The van der Waals surface area contributed by atoms with Crippen molar-refractivity contribution in [2.75, 3.05) is 13.2 Å². The fourth-order valence-corrected chi connectivity index (χ4v) is 3.70. The van der Waals surface area contributed by atoms with E-state index in [1.54, 1.807) is 0 Å². The monoisotopic (exact) mass is 245 g/mol. The van der Waals surface area contributed by atoms with E-state index in [2.05, 4.69) is 24.3 Å². The molecule has 1 aromatic rings. The van der Waals surface area contributed by atoms with Gasteiger partial charge in [0.2, 0.25) is 0 Å². The fraction of sp³-hybridized carbons (Fsp3) is 0.625. The summed E-state index contributed by atoms with van der Waals surface area (Å²) in [5, 5.41) is 0. The summed E-state index contributed by atoms with van der Waals surface area (Å²) >= 11 is 0. The summed E-state index contributed by atoms with van der Waals surface area (Å²) in [4.78, 5) is 0. The van der Waals surface area contributed by atoms with Crippen LogP contribution in [0.2, 0.25) is 0 Å². The molecule has 1 heterocycles. The highest BCUT2D eigenvalue weighted by Crippen LogP contribution is 2.41. The quantitative estimate of drug-likeness (QED) is 0.772. The van der Waals surface area contributed by atoms with Crippen LogP contribution in [0, 0.1) is 5.92 Å². The van der Waals surface area contributed by atoms with Gasteiger partial charge in [-0.3, -0.25) is 0 Å². The Morgan fingerprint density at radius 3 is 2.72 bits per heavy atom. The molecule has 0 amide bonds. The molecule has 1 aliphatic carbocycles. The van der Waals surface area contributed by atoms with Crippen molar-refractivity contribution < 1.29 is 4.74 Å². The number of aryl methyl sites for hydroxylation is 1. The standard InChI is InChI=1S/C16H23NO/c17-16(14-8-11-18-12-9-14)10-4-3-6-13-5-1-2-7-15(13)16/h1-2,5,7,14H,3-4,6,8-12,17H2. The van der Waals surface area contributed by atoms with Gasteiger partial charge in [-0.05, 0) is 49.1 Å². The first-order chi connectivity index (χ1) is 8.81. The molecule has 1 atom stereocenters. The fourth-order valence-electron chi connectivity index (χ4n) is 3.70. The summed E-state index contributed by atoms with van der Waals surface area (Å²) in [6, 6.07) is 8.82. The average molecular weight is 245 g/mol. The van der Waals surface area contributed by atoms with Crippen molar-refractivity contribution in [2.45, 2.75) is 44.1 Å². The molecule has 2 heteroatoms. The molecule has 0 radical (unpaired) electrons. The Bertz CT molecular complexity index is 411. The second-order valence-electron chi connectivity index (χ2n) is 5.79. The highest BCUT2D eigenvalue weighted by Gasteiger charge is 2.39. The Morgan fingerprint density at radius 1 is 1.11 bits per heavy atom. The number of nitrogens with two attached hydrogens (primary N) is 1. The number of rotatable bonds is 1. The first-order valence-electron chi connectivity index (χ1n) is 7.26. The highest BCUT2D eigenvalue weighted by molar-refractivity contribution is 5.35. The molecule has 2 nitrogen and oxygen atoms in total. The molecular formula is C16H23NO. The Balaban J connectivity index is 1.98. The average Bonchev–Trinajstić information content (AvgIpc) is 2.61. The topological polar surface area (TPSA) is 35.2 Å². The third-order valence-corrected chi connectivity index (χ3v) is 4.76. The lowest BCUT2D eigenvalue weighted by atomic mass is 9.72. The number of fused-ring (bicyclic) bond motifs is 1. The summed E-state index contributed by atoms with van der Waals surface area (Å²) in [7, 11) is 0. The van der Waals surface area contributed by atoms with Crippen molar-refractivity contribution in [3.05, 3.63) is 35.4 Å². The van der Waals surface area contributed by atoms with E-state index < -0.39 is 0 Å². The third kappa shape index (κ3) is 2.08. The van der Waals surface area contributed by atoms with Crippen LogP contribution in [0.15, 0.2) is 24.3 Å². The van der Waals surface area contributed by atoms with Crippen molar-refractivity contribution in [2.24, 2.45) is 11.7 Å². The predicted molar refractivity (Wildman–Crippen MR) is 73.4 cm³/mol. The molecule has 0 aromatic heterocycles. The maximum Gasteiger partial charge on any atom is 0.0469 e. The number of hydrogen-bond acceptors (Lipinski definition) is 2. The molecule has 2 N–H and O–H groups in total. The van der Waals surface area contributed by atoms with E-state index >= 15 is 0 Å². The van der Waals surface area contributed by atoms with Crippen molar-refractivity contribution in [1.29, 1.82) is 0 Å². The van der Waals surface area contributed by atoms with Crippen LogP contribution in [0.25, 0.3) is 0 Å². The molecule has 1 fully saturated rings. The van der Waals surface area contributed by atoms with Crippen molar-refractivity contribution in [1.82, 2.24) is 0 Å². The molecule has 0 bridgehead atoms. The molecule has 0 spiro atoms. The number of benzene rings is 1. The Hall–Kier alpha value is -0.860. The van der Waals surface area contributed by atoms with Crippen LogP contribution in [0.4, 0.5) is 0 Å². The first-order valence-corrected chi connectivity index (χ1v) is 7.26. The Morgan fingerprint density at radius 2 is 1.89 bits per heavy atom. The second-order valence-corrected chi connectivity index (χ2v) is 5.79. The molecular weight excluding hydrogens is 222 g/mol.